The maximum atomic E-state index is 13.2. The third-order valence-corrected chi connectivity index (χ3v) is 8.57. The summed E-state index contributed by atoms with van der Waals surface area (Å²) in [4.78, 5) is 55.6. The number of ether oxygens (including phenoxy) is 3. The molecule has 0 amide bonds. The van der Waals surface area contributed by atoms with Gasteiger partial charge in [0.25, 0.3) is 11.1 Å². The number of nitrogens with two attached hydrogens (primary N) is 1. The Hall–Kier alpha value is -3.63. The van der Waals surface area contributed by atoms with Gasteiger partial charge < -0.3 is 45.1 Å². The highest BCUT2D eigenvalue weighted by molar-refractivity contribution is 7.47. The standard InChI is InChI=1S/C21H24N9O12P/c22-20-27-15-9(17(35)28-20)26-6-30(15)19-12(13-21(2-31,41-19)3-38-13)42-43(36,37)39-1-7-10(32)11(33)18(40-7)29-5-25-8-14(29)23-4-24-16(8)34/h4-7,10-13,18-19,31-33H,1-3H2,(H,36,37)(H,23,24,34)(H3,22,27,28,35)/t7-,10-,11-,12-,13+,18-,19-,21+/m1/s1. The third-order valence-electron chi connectivity index (χ3n) is 7.59. The van der Waals surface area contributed by atoms with Crippen molar-refractivity contribution in [1.29, 1.82) is 0 Å². The fraction of sp³-hybridized carbons (Fsp3) is 0.524. The topological polar surface area (TPSA) is 297 Å². The number of rotatable bonds is 8. The van der Waals surface area contributed by atoms with Crippen LogP contribution in [-0.2, 0) is 27.8 Å². The highest BCUT2D eigenvalue weighted by Gasteiger charge is 2.65. The van der Waals surface area contributed by atoms with Crippen LogP contribution >= 0.6 is 7.82 Å². The molecule has 22 heteroatoms. The normalized spacial score (nSPS) is 33.5. The van der Waals surface area contributed by atoms with E-state index in [4.69, 9.17) is 29.0 Å². The Bertz CT molecular complexity index is 1870. The van der Waals surface area contributed by atoms with Gasteiger partial charge in [0.1, 0.15) is 36.1 Å². The van der Waals surface area contributed by atoms with Crippen LogP contribution in [-0.4, -0.2) is 115 Å². The second-order valence-electron chi connectivity index (χ2n) is 10.2. The van der Waals surface area contributed by atoms with Gasteiger partial charge in [-0.3, -0.25) is 32.8 Å². The van der Waals surface area contributed by atoms with Crippen LogP contribution in [0.2, 0.25) is 0 Å². The summed E-state index contributed by atoms with van der Waals surface area (Å²) in [6, 6.07) is 0. The Morgan fingerprint density at radius 1 is 1.09 bits per heavy atom. The van der Waals surface area contributed by atoms with Crippen LogP contribution in [0.3, 0.4) is 0 Å². The minimum atomic E-state index is -4.99. The summed E-state index contributed by atoms with van der Waals surface area (Å²) in [7, 11) is -4.99. The summed E-state index contributed by atoms with van der Waals surface area (Å²) in [5, 5.41) is 31.2. The Balaban J connectivity index is 1.10. The largest absolute Gasteiger partial charge is 0.472 e. The minimum Gasteiger partial charge on any atom is -0.393 e. The number of imidazole rings is 2. The van der Waals surface area contributed by atoms with Crippen molar-refractivity contribution in [1.82, 2.24) is 39.0 Å². The highest BCUT2D eigenvalue weighted by atomic mass is 31.2. The van der Waals surface area contributed by atoms with Crippen LogP contribution in [0, 0.1) is 0 Å². The summed E-state index contributed by atoms with van der Waals surface area (Å²) >= 11 is 0. The second-order valence-corrected chi connectivity index (χ2v) is 11.6. The van der Waals surface area contributed by atoms with Crippen LogP contribution in [0.5, 0.6) is 0 Å². The maximum absolute atomic E-state index is 13.2. The fourth-order valence-electron chi connectivity index (χ4n) is 5.44. The van der Waals surface area contributed by atoms with Crippen molar-refractivity contribution in [2.24, 2.45) is 0 Å². The zero-order valence-corrected chi connectivity index (χ0v) is 22.6. The van der Waals surface area contributed by atoms with Crippen molar-refractivity contribution >= 4 is 36.1 Å². The molecule has 3 saturated heterocycles. The van der Waals surface area contributed by atoms with Crippen molar-refractivity contribution in [3.63, 3.8) is 0 Å². The summed E-state index contributed by atoms with van der Waals surface area (Å²) in [6.45, 7) is -1.31. The first-order valence-corrected chi connectivity index (χ1v) is 14.2. The van der Waals surface area contributed by atoms with Crippen molar-refractivity contribution < 1.29 is 48.0 Å². The molecule has 3 aliphatic heterocycles. The molecule has 8 N–H and O–H groups in total. The molecule has 9 atom stereocenters. The van der Waals surface area contributed by atoms with Crippen molar-refractivity contribution in [2.75, 3.05) is 25.6 Å². The number of nitrogens with one attached hydrogen (secondary N) is 2. The minimum absolute atomic E-state index is 0.0195. The van der Waals surface area contributed by atoms with Crippen molar-refractivity contribution in [3.05, 3.63) is 39.7 Å². The lowest BCUT2D eigenvalue weighted by molar-refractivity contribution is -0.245. The first-order valence-electron chi connectivity index (χ1n) is 12.7. The monoisotopic (exact) mass is 625 g/mol. The lowest BCUT2D eigenvalue weighted by Crippen LogP contribution is -2.61. The Morgan fingerprint density at radius 3 is 2.51 bits per heavy atom. The molecule has 0 saturated carbocycles. The molecule has 43 heavy (non-hydrogen) atoms. The molecule has 230 valence electrons. The van der Waals surface area contributed by atoms with Crippen LogP contribution < -0.4 is 16.9 Å². The SMILES string of the molecule is Nc1nc2c(ncn2[C@@H]2O[C@@]3(CO)CO[C@H]3[C@H]2OP(=O)(O)OC[C@H]2O[C@@H](n3cnc4c(=O)[nH]cnc43)[C@H](O)[C@@H]2O)c(=O)[nH]1. The molecule has 0 spiro atoms. The zero-order chi connectivity index (χ0) is 30.3. The van der Waals surface area contributed by atoms with E-state index in [0.717, 1.165) is 6.33 Å². The predicted molar refractivity (Wildman–Crippen MR) is 137 cm³/mol. The first kappa shape index (κ1) is 28.2. The Labute approximate surface area is 237 Å². The molecule has 7 rings (SSSR count). The Kier molecular flexibility index (Phi) is 6.52. The number of aromatic nitrogens is 8. The van der Waals surface area contributed by atoms with Crippen LogP contribution in [0.15, 0.2) is 28.6 Å². The molecule has 3 aliphatic rings. The van der Waals surface area contributed by atoms with Gasteiger partial charge in [0.15, 0.2) is 34.8 Å². The zero-order valence-electron chi connectivity index (χ0n) is 21.7. The van der Waals surface area contributed by atoms with Gasteiger partial charge >= 0.3 is 7.82 Å². The number of aliphatic hydroxyl groups excluding tert-OH is 3. The average molecular weight is 625 g/mol. The number of H-pyrrole nitrogens is 2. The quantitative estimate of drug-likeness (QED) is 0.0939. The molecule has 4 aromatic heterocycles. The molecule has 1 unspecified atom stereocenters. The van der Waals surface area contributed by atoms with Gasteiger partial charge in [-0.05, 0) is 0 Å². The number of nitrogens with zero attached hydrogens (tertiary/aromatic N) is 6. The number of hydrogen-bond donors (Lipinski definition) is 7. The number of hydrogen-bond acceptors (Lipinski definition) is 16. The van der Waals surface area contributed by atoms with Gasteiger partial charge in [-0.1, -0.05) is 0 Å². The van der Waals surface area contributed by atoms with Gasteiger partial charge in [0.05, 0.1) is 38.8 Å². The van der Waals surface area contributed by atoms with E-state index in [9.17, 15) is 34.4 Å². The molecular formula is C21H24N9O12P. The van der Waals surface area contributed by atoms with Crippen molar-refractivity contribution in [2.45, 2.75) is 48.6 Å². The van der Waals surface area contributed by atoms with Gasteiger partial charge in [-0.2, -0.15) is 4.98 Å². The number of phosphoric acid groups is 1. The third kappa shape index (κ3) is 4.40. The van der Waals surface area contributed by atoms with E-state index in [2.05, 4.69) is 29.9 Å². The number of phosphoric ester groups is 1. The summed E-state index contributed by atoms with van der Waals surface area (Å²) < 4.78 is 43.5. The van der Waals surface area contributed by atoms with Gasteiger partial charge in [0, 0.05) is 0 Å². The molecule has 3 fully saturated rings. The van der Waals surface area contributed by atoms with Gasteiger partial charge in [-0.15, -0.1) is 0 Å². The van der Waals surface area contributed by atoms with Gasteiger partial charge in [-0.25, -0.2) is 19.5 Å². The maximum Gasteiger partial charge on any atom is 0.472 e. The molecule has 7 heterocycles. The van der Waals surface area contributed by atoms with E-state index >= 15 is 0 Å². The average Bonchev–Trinajstić information content (AvgIpc) is 3.68. The lowest BCUT2D eigenvalue weighted by Gasteiger charge is -2.42. The number of nitrogen functional groups attached to an aromatic ring is 1. The summed E-state index contributed by atoms with van der Waals surface area (Å²) in [5.41, 5.74) is 3.15. The van der Waals surface area contributed by atoms with E-state index in [1.807, 2.05) is 0 Å². The smallest absolute Gasteiger partial charge is 0.393 e. The van der Waals surface area contributed by atoms with E-state index < -0.39 is 80.7 Å². The molecule has 0 bridgehead atoms. The summed E-state index contributed by atoms with van der Waals surface area (Å²) in [5.74, 6) is -0.219. The molecule has 21 nitrogen and oxygen atoms in total. The first-order chi connectivity index (χ1) is 20.5. The van der Waals surface area contributed by atoms with E-state index in [0.29, 0.717) is 0 Å². The number of aliphatic hydroxyl groups is 3. The number of aromatic amines is 2. The van der Waals surface area contributed by atoms with E-state index in [-0.39, 0.29) is 34.9 Å². The highest BCUT2D eigenvalue weighted by Crippen LogP contribution is 2.54. The Morgan fingerprint density at radius 2 is 1.81 bits per heavy atom. The second kappa shape index (κ2) is 9.95. The molecule has 4 aromatic rings. The molecular weight excluding hydrogens is 601 g/mol. The summed E-state index contributed by atoms with van der Waals surface area (Å²) in [6.07, 6.45) is -5.90. The van der Waals surface area contributed by atoms with Crippen LogP contribution in [0.4, 0.5) is 5.95 Å². The van der Waals surface area contributed by atoms with Crippen LogP contribution in [0.1, 0.15) is 12.5 Å². The number of fused-ring (bicyclic) bond motifs is 3. The van der Waals surface area contributed by atoms with E-state index in [1.165, 1.54) is 21.8 Å². The predicted octanol–water partition coefficient (Wildman–Crippen LogP) is -3.38. The van der Waals surface area contributed by atoms with Crippen LogP contribution in [0.25, 0.3) is 22.3 Å². The molecule has 0 radical (unpaired) electrons. The molecule has 0 aromatic carbocycles. The lowest BCUT2D eigenvalue weighted by atomic mass is 9.91. The van der Waals surface area contributed by atoms with Crippen molar-refractivity contribution in [3.8, 4) is 0 Å². The fourth-order valence-corrected chi connectivity index (χ4v) is 6.36. The van der Waals surface area contributed by atoms with Gasteiger partial charge in [0.2, 0.25) is 5.95 Å². The number of anilines is 1. The van der Waals surface area contributed by atoms with E-state index in [1.54, 1.807) is 0 Å². The molecule has 0 aliphatic carbocycles.